The average molecular weight is 231 g/mol. The maximum Gasteiger partial charge on any atom is 0.127 e. The Hall–Kier alpha value is -1.58. The number of ether oxygens (including phenoxy) is 1. The number of likely N-dealkylation sites (N-methyl/N-ethyl adjacent to an activating group) is 1. The lowest BCUT2D eigenvalue weighted by molar-refractivity contribution is 0.190. The second kappa shape index (κ2) is 5.66. The summed E-state index contributed by atoms with van der Waals surface area (Å²) in [4.78, 5) is 0. The molecule has 0 saturated heterocycles. The van der Waals surface area contributed by atoms with Gasteiger partial charge in [0, 0.05) is 5.39 Å². The molecule has 1 atom stereocenters. The number of aliphatic hydroxyl groups is 1. The average Bonchev–Trinajstić information content (AvgIpc) is 2.40. The molecule has 2 rings (SSSR count). The summed E-state index contributed by atoms with van der Waals surface area (Å²) < 4.78 is 5.74. The van der Waals surface area contributed by atoms with Crippen molar-refractivity contribution in [2.75, 3.05) is 20.3 Å². The minimum absolute atomic E-state index is 0.0334. The Morgan fingerprint density at radius 1 is 1.18 bits per heavy atom. The number of hydrogen-bond donors (Lipinski definition) is 2. The van der Waals surface area contributed by atoms with E-state index in [-0.39, 0.29) is 12.6 Å². The highest BCUT2D eigenvalue weighted by Gasteiger charge is 2.06. The minimum atomic E-state index is -0.0334. The van der Waals surface area contributed by atoms with Crippen LogP contribution in [-0.2, 0) is 0 Å². The third-order valence-electron chi connectivity index (χ3n) is 2.82. The summed E-state index contributed by atoms with van der Waals surface area (Å²) in [6, 6.07) is 14.1. The van der Waals surface area contributed by atoms with E-state index in [0.29, 0.717) is 6.61 Å². The molecule has 2 aromatic rings. The van der Waals surface area contributed by atoms with Crippen LogP contribution in [0.1, 0.15) is 0 Å². The van der Waals surface area contributed by atoms with Crippen LogP contribution in [0.4, 0.5) is 0 Å². The van der Waals surface area contributed by atoms with E-state index in [2.05, 4.69) is 17.4 Å². The SMILES string of the molecule is CNC(CO)COc1cccc2ccccc12. The number of aliphatic hydroxyl groups excluding tert-OH is 1. The van der Waals surface area contributed by atoms with Crippen molar-refractivity contribution in [3.63, 3.8) is 0 Å². The Bertz CT molecular complexity index is 475. The standard InChI is InChI=1S/C14H17NO2/c1-15-12(9-16)10-17-14-8-4-6-11-5-2-3-7-13(11)14/h2-8,12,15-16H,9-10H2,1H3. The summed E-state index contributed by atoms with van der Waals surface area (Å²) in [6.07, 6.45) is 0. The molecular formula is C14H17NO2. The van der Waals surface area contributed by atoms with Crippen LogP contribution >= 0.6 is 0 Å². The van der Waals surface area contributed by atoms with Gasteiger partial charge in [-0.1, -0.05) is 36.4 Å². The molecule has 0 bridgehead atoms. The van der Waals surface area contributed by atoms with Gasteiger partial charge in [0.2, 0.25) is 0 Å². The summed E-state index contributed by atoms with van der Waals surface area (Å²) >= 11 is 0. The molecule has 0 heterocycles. The molecule has 2 aromatic carbocycles. The number of nitrogens with one attached hydrogen (secondary N) is 1. The summed E-state index contributed by atoms with van der Waals surface area (Å²) in [5, 5.41) is 14.3. The number of hydrogen-bond acceptors (Lipinski definition) is 3. The van der Waals surface area contributed by atoms with Crippen LogP contribution in [0, 0.1) is 0 Å². The smallest absolute Gasteiger partial charge is 0.127 e. The Morgan fingerprint density at radius 2 is 1.94 bits per heavy atom. The van der Waals surface area contributed by atoms with Crippen molar-refractivity contribution in [3.8, 4) is 5.75 Å². The molecule has 0 fully saturated rings. The second-order valence-electron chi connectivity index (χ2n) is 3.96. The summed E-state index contributed by atoms with van der Waals surface area (Å²) in [6.45, 7) is 0.530. The Morgan fingerprint density at radius 3 is 2.71 bits per heavy atom. The van der Waals surface area contributed by atoms with E-state index in [9.17, 15) is 0 Å². The molecule has 0 aliphatic carbocycles. The molecule has 0 aromatic heterocycles. The Balaban J connectivity index is 2.18. The quantitative estimate of drug-likeness (QED) is 0.824. The minimum Gasteiger partial charge on any atom is -0.491 e. The summed E-state index contributed by atoms with van der Waals surface area (Å²) in [5.74, 6) is 0.858. The zero-order chi connectivity index (χ0) is 12.1. The third kappa shape index (κ3) is 2.75. The van der Waals surface area contributed by atoms with E-state index in [1.54, 1.807) is 0 Å². The largest absolute Gasteiger partial charge is 0.491 e. The van der Waals surface area contributed by atoms with Gasteiger partial charge in [-0.05, 0) is 18.5 Å². The Kier molecular flexibility index (Phi) is 3.96. The lowest BCUT2D eigenvalue weighted by atomic mass is 10.1. The van der Waals surface area contributed by atoms with Gasteiger partial charge in [0.1, 0.15) is 12.4 Å². The molecule has 0 radical (unpaired) electrons. The zero-order valence-electron chi connectivity index (χ0n) is 9.89. The van der Waals surface area contributed by atoms with Crippen molar-refractivity contribution in [2.45, 2.75) is 6.04 Å². The van der Waals surface area contributed by atoms with E-state index in [4.69, 9.17) is 9.84 Å². The number of rotatable bonds is 5. The van der Waals surface area contributed by atoms with Crippen molar-refractivity contribution < 1.29 is 9.84 Å². The first-order chi connectivity index (χ1) is 8.35. The lowest BCUT2D eigenvalue weighted by Gasteiger charge is -2.15. The van der Waals surface area contributed by atoms with Gasteiger partial charge in [0.25, 0.3) is 0 Å². The first-order valence-electron chi connectivity index (χ1n) is 5.74. The van der Waals surface area contributed by atoms with Gasteiger partial charge in [0.05, 0.1) is 12.6 Å². The first-order valence-corrected chi connectivity index (χ1v) is 5.74. The molecule has 0 aliphatic heterocycles. The van der Waals surface area contributed by atoms with Crippen LogP contribution < -0.4 is 10.1 Å². The summed E-state index contributed by atoms with van der Waals surface area (Å²) in [5.41, 5.74) is 0. The van der Waals surface area contributed by atoms with E-state index in [1.807, 2.05) is 37.4 Å². The highest BCUT2D eigenvalue weighted by atomic mass is 16.5. The van der Waals surface area contributed by atoms with E-state index in [0.717, 1.165) is 16.5 Å². The van der Waals surface area contributed by atoms with Gasteiger partial charge >= 0.3 is 0 Å². The molecule has 17 heavy (non-hydrogen) atoms. The maximum absolute atomic E-state index is 9.07. The summed E-state index contributed by atoms with van der Waals surface area (Å²) in [7, 11) is 1.81. The molecule has 0 saturated carbocycles. The molecular weight excluding hydrogens is 214 g/mol. The predicted molar refractivity (Wildman–Crippen MR) is 69.4 cm³/mol. The van der Waals surface area contributed by atoms with Gasteiger partial charge in [-0.3, -0.25) is 0 Å². The van der Waals surface area contributed by atoms with Gasteiger partial charge in [0.15, 0.2) is 0 Å². The number of benzene rings is 2. The van der Waals surface area contributed by atoms with Gasteiger partial charge in [-0.25, -0.2) is 0 Å². The monoisotopic (exact) mass is 231 g/mol. The molecule has 3 nitrogen and oxygen atoms in total. The third-order valence-corrected chi connectivity index (χ3v) is 2.82. The van der Waals surface area contributed by atoms with Crippen molar-refractivity contribution >= 4 is 10.8 Å². The maximum atomic E-state index is 9.07. The Labute approximate surface area is 101 Å². The van der Waals surface area contributed by atoms with E-state index in [1.165, 1.54) is 0 Å². The van der Waals surface area contributed by atoms with Gasteiger partial charge in [-0.15, -0.1) is 0 Å². The van der Waals surface area contributed by atoms with Crippen molar-refractivity contribution in [1.82, 2.24) is 5.32 Å². The lowest BCUT2D eigenvalue weighted by Crippen LogP contribution is -2.34. The molecule has 0 amide bonds. The molecule has 0 aliphatic rings. The molecule has 90 valence electrons. The van der Waals surface area contributed by atoms with Crippen LogP contribution in [0.3, 0.4) is 0 Å². The topological polar surface area (TPSA) is 41.5 Å². The molecule has 3 heteroatoms. The van der Waals surface area contributed by atoms with Crippen LogP contribution in [0.25, 0.3) is 10.8 Å². The molecule has 0 spiro atoms. The molecule has 2 N–H and O–H groups in total. The highest BCUT2D eigenvalue weighted by molar-refractivity contribution is 5.88. The zero-order valence-corrected chi connectivity index (χ0v) is 9.89. The fourth-order valence-electron chi connectivity index (χ4n) is 1.74. The normalized spacial score (nSPS) is 12.6. The fraction of sp³-hybridized carbons (Fsp3) is 0.286. The molecule has 1 unspecified atom stereocenters. The van der Waals surface area contributed by atoms with Crippen LogP contribution in [0.15, 0.2) is 42.5 Å². The van der Waals surface area contributed by atoms with Crippen LogP contribution in [0.2, 0.25) is 0 Å². The van der Waals surface area contributed by atoms with Crippen LogP contribution in [0.5, 0.6) is 5.75 Å². The van der Waals surface area contributed by atoms with Gasteiger partial charge in [-0.2, -0.15) is 0 Å². The van der Waals surface area contributed by atoms with Crippen LogP contribution in [-0.4, -0.2) is 31.4 Å². The predicted octanol–water partition coefficient (Wildman–Crippen LogP) is 1.80. The van der Waals surface area contributed by atoms with Crippen molar-refractivity contribution in [3.05, 3.63) is 42.5 Å². The van der Waals surface area contributed by atoms with Crippen molar-refractivity contribution in [2.24, 2.45) is 0 Å². The van der Waals surface area contributed by atoms with Gasteiger partial charge < -0.3 is 15.2 Å². The number of fused-ring (bicyclic) bond motifs is 1. The fourth-order valence-corrected chi connectivity index (χ4v) is 1.74. The highest BCUT2D eigenvalue weighted by Crippen LogP contribution is 2.25. The van der Waals surface area contributed by atoms with E-state index >= 15 is 0 Å². The van der Waals surface area contributed by atoms with E-state index < -0.39 is 0 Å². The van der Waals surface area contributed by atoms with Crippen molar-refractivity contribution in [1.29, 1.82) is 0 Å². The first kappa shape index (κ1) is 11.9. The second-order valence-corrected chi connectivity index (χ2v) is 3.96.